The van der Waals surface area contributed by atoms with Gasteiger partial charge in [0.2, 0.25) is 0 Å². The normalized spacial score (nSPS) is 15.2. The molecule has 0 aliphatic rings. The molecule has 1 unspecified atom stereocenters. The van der Waals surface area contributed by atoms with Gasteiger partial charge in [-0.15, -0.1) is 6.42 Å². The lowest BCUT2D eigenvalue weighted by atomic mass is 9.75. The minimum atomic E-state index is -0.798. The van der Waals surface area contributed by atoms with E-state index in [4.69, 9.17) is 11.2 Å². The molecule has 0 spiro atoms. The summed E-state index contributed by atoms with van der Waals surface area (Å²) in [4.78, 5) is 11.8. The number of esters is 1. The smallest absolute Gasteiger partial charge is 0.323 e. The lowest BCUT2D eigenvalue weighted by Gasteiger charge is -2.29. The molecule has 0 aromatic rings. The number of ether oxygens (including phenoxy) is 1. The van der Waals surface area contributed by atoms with Gasteiger partial charge >= 0.3 is 5.97 Å². The first-order chi connectivity index (χ1) is 6.75. The molecular weight excluding hydrogens is 188 g/mol. The average molecular weight is 210 g/mol. The highest BCUT2D eigenvalue weighted by atomic mass is 16.5. The van der Waals surface area contributed by atoms with Crippen LogP contribution in [0.4, 0.5) is 0 Å². The Balaban J connectivity index is 4.58. The second kappa shape index (κ2) is 5.21. The maximum atomic E-state index is 11.8. The first-order valence-corrected chi connectivity index (χ1v) is 5.40. The average Bonchev–Trinajstić information content (AvgIpc) is 2.11. The van der Waals surface area contributed by atoms with Gasteiger partial charge in [0.15, 0.2) is 0 Å². The van der Waals surface area contributed by atoms with Crippen LogP contribution in [0, 0.1) is 23.2 Å². The van der Waals surface area contributed by atoms with Crippen molar-refractivity contribution in [3.63, 3.8) is 0 Å². The Morgan fingerprint density at radius 2 is 1.87 bits per heavy atom. The van der Waals surface area contributed by atoms with Crippen LogP contribution >= 0.6 is 0 Å². The fourth-order valence-corrected chi connectivity index (χ4v) is 1.60. The number of hydrogen-bond acceptors (Lipinski definition) is 2. The molecule has 2 nitrogen and oxygen atoms in total. The molecule has 15 heavy (non-hydrogen) atoms. The number of carbonyl (C=O) groups is 1. The Hall–Kier alpha value is -0.970. The molecule has 0 heterocycles. The van der Waals surface area contributed by atoms with Crippen molar-refractivity contribution in [2.75, 3.05) is 6.61 Å². The van der Waals surface area contributed by atoms with E-state index in [1.807, 2.05) is 6.92 Å². The zero-order valence-corrected chi connectivity index (χ0v) is 10.5. The largest absolute Gasteiger partial charge is 0.465 e. The van der Waals surface area contributed by atoms with Crippen LogP contribution in [0.25, 0.3) is 0 Å². The van der Waals surface area contributed by atoms with Crippen LogP contribution in [-0.4, -0.2) is 12.6 Å². The van der Waals surface area contributed by atoms with Gasteiger partial charge in [-0.1, -0.05) is 33.6 Å². The summed E-state index contributed by atoms with van der Waals surface area (Å²) in [6.45, 7) is 10.4. The fourth-order valence-electron chi connectivity index (χ4n) is 1.60. The predicted octanol–water partition coefficient (Wildman–Crippen LogP) is 3.02. The minimum absolute atomic E-state index is 0.0202. The van der Waals surface area contributed by atoms with E-state index >= 15 is 0 Å². The Bertz CT molecular complexity index is 255. The summed E-state index contributed by atoms with van der Waals surface area (Å²) in [5.41, 5.74) is -0.778. The number of rotatable bonds is 4. The second-order valence-corrected chi connectivity index (χ2v) is 5.35. The first-order valence-electron chi connectivity index (χ1n) is 5.40. The van der Waals surface area contributed by atoms with Gasteiger partial charge in [0.05, 0.1) is 6.61 Å². The van der Waals surface area contributed by atoms with Gasteiger partial charge in [0, 0.05) is 0 Å². The van der Waals surface area contributed by atoms with Crippen LogP contribution in [-0.2, 0) is 9.53 Å². The summed E-state index contributed by atoms with van der Waals surface area (Å²) in [6, 6.07) is 0. The lowest BCUT2D eigenvalue weighted by Crippen LogP contribution is -2.32. The molecule has 0 bridgehead atoms. The van der Waals surface area contributed by atoms with E-state index in [9.17, 15) is 4.79 Å². The van der Waals surface area contributed by atoms with Crippen LogP contribution < -0.4 is 0 Å². The molecule has 0 aromatic heterocycles. The summed E-state index contributed by atoms with van der Waals surface area (Å²) >= 11 is 0. The third kappa shape index (κ3) is 4.88. The van der Waals surface area contributed by atoms with Crippen LogP contribution in [0.1, 0.15) is 47.5 Å². The van der Waals surface area contributed by atoms with Gasteiger partial charge in [0.25, 0.3) is 0 Å². The topological polar surface area (TPSA) is 26.3 Å². The van der Waals surface area contributed by atoms with Gasteiger partial charge in [-0.3, -0.25) is 4.79 Å². The molecule has 2 heteroatoms. The van der Waals surface area contributed by atoms with Crippen LogP contribution in [0.15, 0.2) is 0 Å². The molecule has 0 radical (unpaired) electrons. The highest BCUT2D eigenvalue weighted by Gasteiger charge is 2.36. The second-order valence-electron chi connectivity index (χ2n) is 5.35. The molecule has 86 valence electrons. The van der Waals surface area contributed by atoms with E-state index in [0.717, 1.165) is 6.42 Å². The number of hydrogen-bond donors (Lipinski definition) is 0. The number of terminal acetylenes is 1. The Morgan fingerprint density at radius 3 is 2.20 bits per heavy atom. The molecule has 0 N–H and O–H groups in total. The maximum absolute atomic E-state index is 11.8. The molecule has 1 atom stereocenters. The highest BCUT2D eigenvalue weighted by Crippen LogP contribution is 2.34. The van der Waals surface area contributed by atoms with Gasteiger partial charge in [0.1, 0.15) is 5.41 Å². The van der Waals surface area contributed by atoms with Crippen molar-refractivity contribution in [2.24, 2.45) is 10.8 Å². The molecule has 0 fully saturated rings. The summed E-state index contributed by atoms with van der Waals surface area (Å²) in [7, 11) is 0. The van der Waals surface area contributed by atoms with Crippen LogP contribution in [0.3, 0.4) is 0 Å². The Labute approximate surface area is 93.4 Å². The zero-order chi connectivity index (χ0) is 12.1. The van der Waals surface area contributed by atoms with Crippen molar-refractivity contribution < 1.29 is 9.53 Å². The standard InChI is InChI=1S/C13H22O2/c1-7-9-15-11(14)13(6,8-2)10-12(3,4)5/h2H,7,9-10H2,1,3-6H3. The molecule has 0 aromatic carbocycles. The summed E-state index contributed by atoms with van der Waals surface area (Å²) in [5, 5.41) is 0. The molecule has 0 saturated carbocycles. The molecule has 0 aliphatic carbocycles. The van der Waals surface area contributed by atoms with E-state index in [2.05, 4.69) is 26.7 Å². The van der Waals surface area contributed by atoms with E-state index in [0.29, 0.717) is 13.0 Å². The highest BCUT2D eigenvalue weighted by molar-refractivity contribution is 5.80. The van der Waals surface area contributed by atoms with Gasteiger partial charge in [-0.2, -0.15) is 0 Å². The van der Waals surface area contributed by atoms with Gasteiger partial charge in [-0.25, -0.2) is 0 Å². The third-order valence-electron chi connectivity index (χ3n) is 2.09. The van der Waals surface area contributed by atoms with E-state index in [1.54, 1.807) is 6.92 Å². The molecule has 0 amide bonds. The Morgan fingerprint density at radius 1 is 1.33 bits per heavy atom. The van der Waals surface area contributed by atoms with E-state index < -0.39 is 5.41 Å². The van der Waals surface area contributed by atoms with Crippen LogP contribution in [0.5, 0.6) is 0 Å². The summed E-state index contributed by atoms with van der Waals surface area (Å²) in [6.07, 6.45) is 6.90. The molecule has 0 rings (SSSR count). The monoisotopic (exact) mass is 210 g/mol. The molecular formula is C13H22O2. The van der Waals surface area contributed by atoms with Crippen molar-refractivity contribution >= 4 is 5.97 Å². The van der Waals surface area contributed by atoms with Crippen molar-refractivity contribution in [3.8, 4) is 12.3 Å². The Kier molecular flexibility index (Phi) is 4.87. The summed E-state index contributed by atoms with van der Waals surface area (Å²) in [5.74, 6) is 2.29. The fraction of sp³-hybridized carbons (Fsp3) is 0.769. The van der Waals surface area contributed by atoms with Crippen molar-refractivity contribution in [1.29, 1.82) is 0 Å². The van der Waals surface area contributed by atoms with Gasteiger partial charge < -0.3 is 4.74 Å². The van der Waals surface area contributed by atoms with E-state index in [1.165, 1.54) is 0 Å². The molecule has 0 aliphatic heterocycles. The molecule has 0 saturated heterocycles. The maximum Gasteiger partial charge on any atom is 0.323 e. The number of carbonyl (C=O) groups excluding carboxylic acids is 1. The van der Waals surface area contributed by atoms with Crippen molar-refractivity contribution in [1.82, 2.24) is 0 Å². The quantitative estimate of drug-likeness (QED) is 0.526. The SMILES string of the molecule is C#CC(C)(CC(C)(C)C)C(=O)OCCC. The van der Waals surface area contributed by atoms with Crippen molar-refractivity contribution in [2.45, 2.75) is 47.5 Å². The predicted molar refractivity (Wildman–Crippen MR) is 62.3 cm³/mol. The zero-order valence-electron chi connectivity index (χ0n) is 10.5. The lowest BCUT2D eigenvalue weighted by molar-refractivity contribution is -0.153. The third-order valence-corrected chi connectivity index (χ3v) is 2.09. The van der Waals surface area contributed by atoms with E-state index in [-0.39, 0.29) is 11.4 Å². The van der Waals surface area contributed by atoms with Crippen molar-refractivity contribution in [3.05, 3.63) is 0 Å². The minimum Gasteiger partial charge on any atom is -0.465 e. The summed E-state index contributed by atoms with van der Waals surface area (Å²) < 4.78 is 5.11. The van der Waals surface area contributed by atoms with Crippen LogP contribution in [0.2, 0.25) is 0 Å². The van der Waals surface area contributed by atoms with Gasteiger partial charge in [-0.05, 0) is 25.2 Å². The first kappa shape index (κ1) is 14.0.